The normalized spacial score (nSPS) is 26.0. The molecule has 1 amide bonds. The first kappa shape index (κ1) is 25.2. The van der Waals surface area contributed by atoms with Crippen LogP contribution in [0.1, 0.15) is 56.6 Å². The van der Waals surface area contributed by atoms with Crippen molar-refractivity contribution < 1.29 is 9.90 Å². The van der Waals surface area contributed by atoms with Gasteiger partial charge in [-0.05, 0) is 43.7 Å². The van der Waals surface area contributed by atoms with Crippen LogP contribution >= 0.6 is 24.8 Å². The van der Waals surface area contributed by atoms with Gasteiger partial charge in [-0.2, -0.15) is 0 Å². The quantitative estimate of drug-likeness (QED) is 0.669. The lowest BCUT2D eigenvalue weighted by Crippen LogP contribution is -2.52. The summed E-state index contributed by atoms with van der Waals surface area (Å²) >= 11 is 0. The topological polar surface area (TPSA) is 78.6 Å². The highest BCUT2D eigenvalue weighted by Crippen LogP contribution is 2.31. The SMILES string of the molecule is CC1(N)CCCCC1C(=O)NCc1ccc(CN2CCC(O)CC2)cc1.Cl.Cl. The lowest BCUT2D eigenvalue weighted by molar-refractivity contribution is -0.128. The molecule has 0 aromatic heterocycles. The van der Waals surface area contributed by atoms with Crippen LogP contribution in [0.15, 0.2) is 24.3 Å². The van der Waals surface area contributed by atoms with Gasteiger partial charge < -0.3 is 16.2 Å². The van der Waals surface area contributed by atoms with E-state index in [2.05, 4.69) is 34.5 Å². The number of hydrogen-bond acceptors (Lipinski definition) is 4. The second kappa shape index (κ2) is 11.4. The fraction of sp³-hybridized carbons (Fsp3) is 0.667. The maximum Gasteiger partial charge on any atom is 0.225 e. The second-order valence-corrected chi connectivity index (χ2v) is 8.35. The number of rotatable bonds is 5. The Morgan fingerprint density at radius 3 is 2.36 bits per heavy atom. The summed E-state index contributed by atoms with van der Waals surface area (Å²) in [5.74, 6) is 0.00984. The molecule has 0 bridgehead atoms. The van der Waals surface area contributed by atoms with Gasteiger partial charge in [-0.3, -0.25) is 9.69 Å². The highest BCUT2D eigenvalue weighted by Gasteiger charge is 2.37. The van der Waals surface area contributed by atoms with Crippen LogP contribution in [0.5, 0.6) is 0 Å². The number of aliphatic hydroxyl groups is 1. The largest absolute Gasteiger partial charge is 0.393 e. The number of benzene rings is 1. The number of carbonyl (C=O) groups excluding carboxylic acids is 1. The van der Waals surface area contributed by atoms with Gasteiger partial charge in [0.1, 0.15) is 0 Å². The van der Waals surface area contributed by atoms with Crippen LogP contribution in [-0.4, -0.2) is 40.6 Å². The van der Waals surface area contributed by atoms with Crippen LogP contribution in [0.25, 0.3) is 0 Å². The van der Waals surface area contributed by atoms with Crippen molar-refractivity contribution in [2.75, 3.05) is 13.1 Å². The zero-order chi connectivity index (χ0) is 18.6. The van der Waals surface area contributed by atoms with Crippen molar-refractivity contribution in [3.05, 3.63) is 35.4 Å². The van der Waals surface area contributed by atoms with E-state index in [0.717, 1.165) is 63.7 Å². The molecule has 7 heteroatoms. The Hall–Kier alpha value is -0.850. The molecule has 4 N–H and O–H groups in total. The maximum atomic E-state index is 12.5. The highest BCUT2D eigenvalue weighted by atomic mass is 35.5. The Morgan fingerprint density at radius 2 is 1.75 bits per heavy atom. The lowest BCUT2D eigenvalue weighted by Gasteiger charge is -2.37. The summed E-state index contributed by atoms with van der Waals surface area (Å²) in [4.78, 5) is 14.9. The Balaban J connectivity index is 0.00000196. The van der Waals surface area contributed by atoms with E-state index in [0.29, 0.717) is 6.54 Å². The molecule has 1 aromatic rings. The van der Waals surface area contributed by atoms with Gasteiger partial charge in [-0.1, -0.05) is 37.1 Å². The van der Waals surface area contributed by atoms with Gasteiger partial charge in [0.15, 0.2) is 0 Å². The molecular weight excluding hydrogens is 397 g/mol. The lowest BCUT2D eigenvalue weighted by atomic mass is 9.74. The van der Waals surface area contributed by atoms with Crippen molar-refractivity contribution in [1.82, 2.24) is 10.2 Å². The summed E-state index contributed by atoms with van der Waals surface area (Å²) in [6, 6.07) is 8.47. The molecule has 2 unspecified atom stereocenters. The van der Waals surface area contributed by atoms with Crippen LogP contribution in [0, 0.1) is 5.92 Å². The fourth-order valence-corrected chi connectivity index (χ4v) is 4.20. The van der Waals surface area contributed by atoms with E-state index in [-0.39, 0.29) is 48.3 Å². The van der Waals surface area contributed by atoms with Gasteiger partial charge in [-0.25, -0.2) is 0 Å². The van der Waals surface area contributed by atoms with Crippen LogP contribution in [0.4, 0.5) is 0 Å². The Bertz CT molecular complexity index is 602. The average Bonchev–Trinajstić information content (AvgIpc) is 2.62. The molecule has 1 aromatic carbocycles. The standard InChI is InChI=1S/C21H33N3O2.2ClH/c1-21(22)11-3-2-4-19(21)20(26)23-14-16-5-7-17(8-6-16)15-24-12-9-18(25)10-13-24;;/h5-8,18-19,25H,2-4,9-15,22H2,1H3,(H,23,26);2*1H. The molecule has 1 heterocycles. The van der Waals surface area contributed by atoms with E-state index < -0.39 is 0 Å². The third-order valence-electron chi connectivity index (χ3n) is 6.02. The minimum atomic E-state index is -0.381. The van der Waals surface area contributed by atoms with Gasteiger partial charge in [0.25, 0.3) is 0 Å². The van der Waals surface area contributed by atoms with Crippen LogP contribution in [0.3, 0.4) is 0 Å². The Kier molecular flexibility index (Phi) is 10.2. The molecule has 2 aliphatic rings. The van der Waals surface area contributed by atoms with Crippen LogP contribution in [0.2, 0.25) is 0 Å². The summed E-state index contributed by atoms with van der Waals surface area (Å²) in [6.07, 6.45) is 5.63. The predicted octanol–water partition coefficient (Wildman–Crippen LogP) is 3.01. The van der Waals surface area contributed by atoms with Gasteiger partial charge in [0.2, 0.25) is 5.91 Å². The molecule has 2 fully saturated rings. The molecule has 5 nitrogen and oxygen atoms in total. The minimum Gasteiger partial charge on any atom is -0.393 e. The van der Waals surface area contributed by atoms with Crippen molar-refractivity contribution >= 4 is 30.7 Å². The predicted molar refractivity (Wildman–Crippen MR) is 118 cm³/mol. The maximum absolute atomic E-state index is 12.5. The number of nitrogens with two attached hydrogens (primary N) is 1. The first-order chi connectivity index (χ1) is 12.4. The number of piperidine rings is 1. The number of hydrogen-bond donors (Lipinski definition) is 3. The van der Waals surface area contributed by atoms with Crippen LogP contribution < -0.4 is 11.1 Å². The number of aliphatic hydroxyl groups excluding tert-OH is 1. The minimum absolute atomic E-state index is 0. The number of amides is 1. The van der Waals surface area contributed by atoms with Gasteiger partial charge in [0, 0.05) is 31.7 Å². The van der Waals surface area contributed by atoms with E-state index >= 15 is 0 Å². The summed E-state index contributed by atoms with van der Waals surface area (Å²) < 4.78 is 0. The Morgan fingerprint density at radius 1 is 1.14 bits per heavy atom. The van der Waals surface area contributed by atoms with Gasteiger partial charge in [0.05, 0.1) is 12.0 Å². The summed E-state index contributed by atoms with van der Waals surface area (Å²) in [6.45, 7) is 5.40. The number of likely N-dealkylation sites (tertiary alicyclic amines) is 1. The number of halogens is 2. The van der Waals surface area contributed by atoms with Crippen molar-refractivity contribution in [2.45, 2.75) is 70.2 Å². The van der Waals surface area contributed by atoms with Gasteiger partial charge >= 0.3 is 0 Å². The van der Waals surface area contributed by atoms with Crippen molar-refractivity contribution in [3.8, 4) is 0 Å². The molecule has 3 rings (SSSR count). The van der Waals surface area contributed by atoms with Crippen molar-refractivity contribution in [3.63, 3.8) is 0 Å². The first-order valence-electron chi connectivity index (χ1n) is 9.99. The summed E-state index contributed by atoms with van der Waals surface area (Å²) in [7, 11) is 0. The molecule has 1 saturated carbocycles. The smallest absolute Gasteiger partial charge is 0.225 e. The molecule has 0 spiro atoms. The monoisotopic (exact) mass is 431 g/mol. The molecule has 160 valence electrons. The van der Waals surface area contributed by atoms with E-state index in [1.807, 2.05) is 6.92 Å². The van der Waals surface area contributed by atoms with Gasteiger partial charge in [-0.15, -0.1) is 24.8 Å². The number of nitrogens with one attached hydrogen (secondary N) is 1. The highest BCUT2D eigenvalue weighted by molar-refractivity contribution is 5.85. The number of carbonyl (C=O) groups is 1. The zero-order valence-corrected chi connectivity index (χ0v) is 18.4. The van der Waals surface area contributed by atoms with E-state index in [1.165, 1.54) is 5.56 Å². The summed E-state index contributed by atoms with van der Waals surface area (Å²) in [5.41, 5.74) is 8.34. The zero-order valence-electron chi connectivity index (χ0n) is 16.7. The van der Waals surface area contributed by atoms with Crippen molar-refractivity contribution in [2.24, 2.45) is 11.7 Å². The number of nitrogens with zero attached hydrogens (tertiary/aromatic N) is 1. The third kappa shape index (κ3) is 6.89. The van der Waals surface area contributed by atoms with E-state index in [9.17, 15) is 9.90 Å². The molecule has 28 heavy (non-hydrogen) atoms. The molecule has 2 atom stereocenters. The molecular formula is C21H35Cl2N3O2. The fourth-order valence-electron chi connectivity index (χ4n) is 4.20. The first-order valence-corrected chi connectivity index (χ1v) is 9.99. The second-order valence-electron chi connectivity index (χ2n) is 8.35. The van der Waals surface area contributed by atoms with E-state index in [4.69, 9.17) is 5.73 Å². The average molecular weight is 432 g/mol. The van der Waals surface area contributed by atoms with E-state index in [1.54, 1.807) is 0 Å². The third-order valence-corrected chi connectivity index (χ3v) is 6.02. The Labute approximate surface area is 181 Å². The molecule has 1 aliphatic heterocycles. The summed E-state index contributed by atoms with van der Waals surface area (Å²) in [5, 5.41) is 12.7. The van der Waals surface area contributed by atoms with Crippen molar-refractivity contribution in [1.29, 1.82) is 0 Å². The molecule has 0 radical (unpaired) electrons. The van der Waals surface area contributed by atoms with Crippen LogP contribution in [-0.2, 0) is 17.9 Å². The molecule has 1 saturated heterocycles. The molecule has 1 aliphatic carbocycles.